The van der Waals surface area contributed by atoms with Crippen LogP contribution in [-0.4, -0.2) is 44.6 Å². The third-order valence-corrected chi connectivity index (χ3v) is 6.42. The highest BCUT2D eigenvalue weighted by molar-refractivity contribution is 5.94. The smallest absolute Gasteiger partial charge is 0.289 e. The van der Waals surface area contributed by atoms with Crippen LogP contribution in [0.1, 0.15) is 73.4 Å². The zero-order chi connectivity index (χ0) is 20.5. The number of hydrogen-bond acceptors (Lipinski definition) is 5. The van der Waals surface area contributed by atoms with Crippen LogP contribution in [-0.2, 0) is 6.54 Å². The Hall–Kier alpha value is -2.67. The number of H-pyrrole nitrogens is 1. The summed E-state index contributed by atoms with van der Waals surface area (Å²) in [6.45, 7) is 3.42. The monoisotopic (exact) mass is 407 g/mol. The zero-order valence-electron chi connectivity index (χ0n) is 17.4. The molecule has 0 bridgehead atoms. The molecule has 0 saturated heterocycles. The summed E-state index contributed by atoms with van der Waals surface area (Å²) in [6.07, 6.45) is 6.67. The van der Waals surface area contributed by atoms with Gasteiger partial charge in [0.25, 0.3) is 5.91 Å². The summed E-state index contributed by atoms with van der Waals surface area (Å²) in [5.41, 5.74) is 2.83. The van der Waals surface area contributed by atoms with E-state index in [1.165, 1.54) is 12.8 Å². The Morgan fingerprint density at radius 3 is 2.93 bits per heavy atom. The van der Waals surface area contributed by atoms with Crippen molar-refractivity contribution in [2.45, 2.75) is 70.0 Å². The number of fused-ring (bicyclic) bond motifs is 1. The van der Waals surface area contributed by atoms with E-state index >= 15 is 0 Å². The summed E-state index contributed by atoms with van der Waals surface area (Å²) >= 11 is 0. The first-order valence-corrected chi connectivity index (χ1v) is 11.2. The second kappa shape index (κ2) is 8.22. The Bertz CT molecular complexity index is 988. The average molecular weight is 408 g/mol. The van der Waals surface area contributed by atoms with Crippen molar-refractivity contribution >= 4 is 16.9 Å². The molecule has 2 fully saturated rings. The van der Waals surface area contributed by atoms with Gasteiger partial charge in [-0.15, -0.1) is 0 Å². The number of benzene rings is 1. The number of para-hydroxylation sites is 2. The Labute approximate surface area is 176 Å². The number of aromatic nitrogens is 3. The highest BCUT2D eigenvalue weighted by Crippen LogP contribution is 2.39. The number of amides is 1. The van der Waals surface area contributed by atoms with Gasteiger partial charge in [-0.25, -0.2) is 4.98 Å². The van der Waals surface area contributed by atoms with Crippen molar-refractivity contribution < 1.29 is 9.32 Å². The van der Waals surface area contributed by atoms with Crippen molar-refractivity contribution in [3.05, 3.63) is 47.6 Å². The van der Waals surface area contributed by atoms with E-state index in [2.05, 4.69) is 26.5 Å². The molecule has 1 amide bonds. The van der Waals surface area contributed by atoms with Gasteiger partial charge in [-0.05, 0) is 57.6 Å². The van der Waals surface area contributed by atoms with Crippen molar-refractivity contribution in [2.75, 3.05) is 6.54 Å². The lowest BCUT2D eigenvalue weighted by atomic mass is 9.89. The van der Waals surface area contributed by atoms with Gasteiger partial charge in [-0.3, -0.25) is 4.79 Å². The summed E-state index contributed by atoms with van der Waals surface area (Å²) in [5, 5.41) is 7.82. The lowest BCUT2D eigenvalue weighted by Crippen LogP contribution is -2.47. The fraction of sp³-hybridized carbons (Fsp3) is 0.522. The van der Waals surface area contributed by atoms with Crippen LogP contribution in [0.3, 0.4) is 0 Å². The minimum atomic E-state index is -0.0105. The maximum Gasteiger partial charge on any atom is 0.289 e. The van der Waals surface area contributed by atoms with Gasteiger partial charge in [0.05, 0.1) is 23.3 Å². The lowest BCUT2D eigenvalue weighted by Gasteiger charge is -2.37. The summed E-state index contributed by atoms with van der Waals surface area (Å²) in [6, 6.07) is 10.5. The Kier molecular flexibility index (Phi) is 5.29. The first-order chi connectivity index (χ1) is 14.7. The number of aromatic amines is 1. The van der Waals surface area contributed by atoms with Gasteiger partial charge in [0, 0.05) is 30.6 Å². The van der Waals surface area contributed by atoms with Gasteiger partial charge in [0.15, 0.2) is 11.6 Å². The molecule has 30 heavy (non-hydrogen) atoms. The molecular formula is C23H29N5O2. The van der Waals surface area contributed by atoms with Crippen molar-refractivity contribution in [2.24, 2.45) is 0 Å². The SMILES string of the molecule is CCN(C(=O)c1nc2ccccc2[nH]1)C1CCCC(NCc2cc(C3CC3)no2)C1. The molecule has 1 aromatic carbocycles. The zero-order valence-corrected chi connectivity index (χ0v) is 17.4. The number of imidazole rings is 1. The third-order valence-electron chi connectivity index (χ3n) is 6.42. The Balaban J connectivity index is 1.22. The number of carbonyl (C=O) groups is 1. The largest absolute Gasteiger partial charge is 0.360 e. The maximum absolute atomic E-state index is 13.2. The third kappa shape index (κ3) is 3.99. The van der Waals surface area contributed by atoms with E-state index in [0.717, 1.165) is 48.2 Å². The van der Waals surface area contributed by atoms with Gasteiger partial charge >= 0.3 is 0 Å². The van der Waals surface area contributed by atoms with Crippen LogP contribution in [0, 0.1) is 0 Å². The molecule has 2 heterocycles. The molecule has 2 aliphatic rings. The van der Waals surface area contributed by atoms with Gasteiger partial charge in [0.2, 0.25) is 0 Å². The molecule has 2 atom stereocenters. The summed E-state index contributed by atoms with van der Waals surface area (Å²) < 4.78 is 5.49. The molecule has 2 aliphatic carbocycles. The summed E-state index contributed by atoms with van der Waals surface area (Å²) in [7, 11) is 0. The van der Waals surface area contributed by atoms with E-state index in [0.29, 0.717) is 30.9 Å². The molecule has 0 aliphatic heterocycles. The molecule has 2 aromatic heterocycles. The van der Waals surface area contributed by atoms with E-state index in [1.807, 2.05) is 36.1 Å². The summed E-state index contributed by atoms with van der Waals surface area (Å²) in [4.78, 5) is 22.9. The summed E-state index contributed by atoms with van der Waals surface area (Å²) in [5.74, 6) is 1.94. The van der Waals surface area contributed by atoms with Gasteiger partial charge in [0.1, 0.15) is 0 Å². The minimum absolute atomic E-state index is 0.0105. The van der Waals surface area contributed by atoms with Crippen LogP contribution in [0.2, 0.25) is 0 Å². The van der Waals surface area contributed by atoms with Gasteiger partial charge < -0.3 is 19.7 Å². The van der Waals surface area contributed by atoms with Gasteiger partial charge in [-0.1, -0.05) is 17.3 Å². The second-order valence-corrected chi connectivity index (χ2v) is 8.58. The van der Waals surface area contributed by atoms with Crippen molar-refractivity contribution in [3.8, 4) is 0 Å². The topological polar surface area (TPSA) is 87.0 Å². The number of hydrogen-bond donors (Lipinski definition) is 2. The lowest BCUT2D eigenvalue weighted by molar-refractivity contribution is 0.0616. The molecule has 5 rings (SSSR count). The molecular weight excluding hydrogens is 378 g/mol. The van der Waals surface area contributed by atoms with Crippen LogP contribution < -0.4 is 5.32 Å². The van der Waals surface area contributed by atoms with Crippen LogP contribution >= 0.6 is 0 Å². The van der Waals surface area contributed by atoms with Crippen LogP contribution in [0.15, 0.2) is 34.9 Å². The Morgan fingerprint density at radius 1 is 1.27 bits per heavy atom. The van der Waals surface area contributed by atoms with Crippen LogP contribution in [0.4, 0.5) is 0 Å². The normalized spacial score (nSPS) is 21.8. The molecule has 158 valence electrons. The predicted octanol–water partition coefficient (Wildman–Crippen LogP) is 3.99. The van der Waals surface area contributed by atoms with Crippen LogP contribution in [0.25, 0.3) is 11.0 Å². The second-order valence-electron chi connectivity index (χ2n) is 8.58. The fourth-order valence-corrected chi connectivity index (χ4v) is 4.62. The van der Waals surface area contributed by atoms with Crippen molar-refractivity contribution in [1.82, 2.24) is 25.3 Å². The molecule has 2 saturated carbocycles. The number of nitrogens with zero attached hydrogens (tertiary/aromatic N) is 3. The molecule has 7 nitrogen and oxygen atoms in total. The first kappa shape index (κ1) is 19.3. The number of rotatable bonds is 7. The van der Waals surface area contributed by atoms with Crippen LogP contribution in [0.5, 0.6) is 0 Å². The highest BCUT2D eigenvalue weighted by Gasteiger charge is 2.31. The van der Waals surface area contributed by atoms with E-state index in [4.69, 9.17) is 4.52 Å². The van der Waals surface area contributed by atoms with E-state index in [1.54, 1.807) is 0 Å². The van der Waals surface area contributed by atoms with Gasteiger partial charge in [-0.2, -0.15) is 0 Å². The van der Waals surface area contributed by atoms with E-state index < -0.39 is 0 Å². The Morgan fingerprint density at radius 2 is 2.13 bits per heavy atom. The maximum atomic E-state index is 13.2. The first-order valence-electron chi connectivity index (χ1n) is 11.2. The fourth-order valence-electron chi connectivity index (χ4n) is 4.62. The molecule has 2 N–H and O–H groups in total. The number of carbonyl (C=O) groups excluding carboxylic acids is 1. The standard InChI is InChI=1S/C23H29N5O2/c1-2-28(23(29)22-25-19-8-3-4-9-20(19)26-22)17-7-5-6-16(12-17)24-14-18-13-21(27-30-18)15-10-11-15/h3-4,8-9,13,15-17,24H,2,5-7,10-12,14H2,1H3,(H,25,26). The molecule has 3 aromatic rings. The average Bonchev–Trinajstić information content (AvgIpc) is 3.35. The molecule has 0 radical (unpaired) electrons. The van der Waals surface area contributed by atoms with E-state index in [9.17, 15) is 4.79 Å². The quantitative estimate of drug-likeness (QED) is 0.618. The predicted molar refractivity (Wildman–Crippen MR) is 114 cm³/mol. The number of nitrogens with one attached hydrogen (secondary N) is 2. The molecule has 7 heteroatoms. The minimum Gasteiger partial charge on any atom is -0.360 e. The highest BCUT2D eigenvalue weighted by atomic mass is 16.5. The molecule has 0 spiro atoms. The van der Waals surface area contributed by atoms with E-state index in [-0.39, 0.29) is 11.9 Å². The van der Waals surface area contributed by atoms with Crippen molar-refractivity contribution in [3.63, 3.8) is 0 Å². The van der Waals surface area contributed by atoms with Crippen molar-refractivity contribution in [1.29, 1.82) is 0 Å². The molecule has 2 unspecified atom stereocenters.